The molecule has 16 heavy (non-hydrogen) atoms. The van der Waals surface area contributed by atoms with Crippen LogP contribution in [0.2, 0.25) is 0 Å². The summed E-state index contributed by atoms with van der Waals surface area (Å²) in [5, 5.41) is 6.92. The second-order valence-corrected chi connectivity index (χ2v) is 4.64. The first-order valence-corrected chi connectivity index (χ1v) is 6.26. The SMILES string of the molecule is c1cc2c(cc1N1CCCC1)NCCNC2. The number of rotatable bonds is 1. The third-order valence-corrected chi connectivity index (χ3v) is 3.50. The van der Waals surface area contributed by atoms with Crippen molar-refractivity contribution in [2.45, 2.75) is 19.4 Å². The molecule has 0 atom stereocenters. The number of hydrogen-bond donors (Lipinski definition) is 2. The van der Waals surface area contributed by atoms with Crippen LogP contribution in [0.25, 0.3) is 0 Å². The molecule has 2 aliphatic heterocycles. The second kappa shape index (κ2) is 4.34. The summed E-state index contributed by atoms with van der Waals surface area (Å²) in [6.45, 7) is 5.50. The Kier molecular flexibility index (Phi) is 2.70. The number of nitrogens with zero attached hydrogens (tertiary/aromatic N) is 1. The Bertz CT molecular complexity index is 369. The van der Waals surface area contributed by atoms with Gasteiger partial charge in [0.05, 0.1) is 0 Å². The van der Waals surface area contributed by atoms with Crippen LogP contribution in [0.4, 0.5) is 11.4 Å². The number of nitrogens with one attached hydrogen (secondary N) is 2. The zero-order valence-corrected chi connectivity index (χ0v) is 9.63. The van der Waals surface area contributed by atoms with Gasteiger partial charge in [-0.1, -0.05) is 6.07 Å². The molecule has 1 aromatic rings. The molecule has 1 fully saturated rings. The fourth-order valence-electron chi connectivity index (χ4n) is 2.56. The van der Waals surface area contributed by atoms with E-state index in [1.54, 1.807) is 0 Å². The van der Waals surface area contributed by atoms with E-state index in [1.807, 2.05) is 0 Å². The summed E-state index contributed by atoms with van der Waals surface area (Å²) >= 11 is 0. The van der Waals surface area contributed by atoms with Crippen LogP contribution < -0.4 is 15.5 Å². The van der Waals surface area contributed by atoms with Gasteiger partial charge in [0.2, 0.25) is 0 Å². The quantitative estimate of drug-likeness (QED) is 0.751. The molecule has 0 aliphatic carbocycles. The minimum absolute atomic E-state index is 0.989. The zero-order valence-electron chi connectivity index (χ0n) is 9.63. The maximum Gasteiger partial charge on any atom is 0.0407 e. The molecular weight excluding hydrogens is 198 g/mol. The highest BCUT2D eigenvalue weighted by atomic mass is 15.1. The molecule has 1 saturated heterocycles. The predicted octanol–water partition coefficient (Wildman–Crippen LogP) is 1.80. The monoisotopic (exact) mass is 217 g/mol. The summed E-state index contributed by atoms with van der Waals surface area (Å²) in [5.41, 5.74) is 4.08. The molecule has 0 radical (unpaired) electrons. The predicted molar refractivity (Wildman–Crippen MR) is 68.1 cm³/mol. The van der Waals surface area contributed by atoms with Gasteiger partial charge in [-0.05, 0) is 30.5 Å². The maximum absolute atomic E-state index is 3.50. The lowest BCUT2D eigenvalue weighted by Crippen LogP contribution is -2.17. The third-order valence-electron chi connectivity index (χ3n) is 3.50. The van der Waals surface area contributed by atoms with E-state index in [0.29, 0.717) is 0 Å². The molecule has 86 valence electrons. The Hall–Kier alpha value is -1.22. The highest BCUT2D eigenvalue weighted by Crippen LogP contribution is 2.27. The van der Waals surface area contributed by atoms with Crippen molar-refractivity contribution in [1.82, 2.24) is 5.32 Å². The smallest absolute Gasteiger partial charge is 0.0407 e. The average molecular weight is 217 g/mol. The van der Waals surface area contributed by atoms with E-state index in [4.69, 9.17) is 0 Å². The zero-order chi connectivity index (χ0) is 10.8. The van der Waals surface area contributed by atoms with Crippen molar-refractivity contribution in [3.63, 3.8) is 0 Å². The number of anilines is 2. The highest BCUT2D eigenvalue weighted by Gasteiger charge is 2.14. The molecule has 2 heterocycles. The van der Waals surface area contributed by atoms with Gasteiger partial charge in [-0.25, -0.2) is 0 Å². The standard InChI is InChI=1S/C13H19N3/c1-2-8-16(7-1)12-4-3-11-10-14-5-6-15-13(11)9-12/h3-4,9,14-15H,1-2,5-8,10H2. The van der Waals surface area contributed by atoms with Crippen molar-refractivity contribution < 1.29 is 0 Å². The van der Waals surface area contributed by atoms with Crippen LogP contribution in [-0.4, -0.2) is 26.2 Å². The molecule has 0 saturated carbocycles. The van der Waals surface area contributed by atoms with Crippen LogP contribution in [0.1, 0.15) is 18.4 Å². The van der Waals surface area contributed by atoms with Gasteiger partial charge in [0.15, 0.2) is 0 Å². The van der Waals surface area contributed by atoms with E-state index in [-0.39, 0.29) is 0 Å². The summed E-state index contributed by atoms with van der Waals surface area (Å²) in [6, 6.07) is 6.83. The topological polar surface area (TPSA) is 27.3 Å². The second-order valence-electron chi connectivity index (χ2n) is 4.64. The molecule has 2 N–H and O–H groups in total. The molecular formula is C13H19N3. The average Bonchev–Trinajstić information content (AvgIpc) is 2.74. The first-order chi connectivity index (χ1) is 7.93. The van der Waals surface area contributed by atoms with Crippen molar-refractivity contribution in [2.24, 2.45) is 0 Å². The van der Waals surface area contributed by atoms with Crippen molar-refractivity contribution in [3.8, 4) is 0 Å². The van der Waals surface area contributed by atoms with Gasteiger partial charge in [-0.3, -0.25) is 0 Å². The van der Waals surface area contributed by atoms with E-state index in [0.717, 1.165) is 19.6 Å². The molecule has 0 spiro atoms. The van der Waals surface area contributed by atoms with Gasteiger partial charge >= 0.3 is 0 Å². The van der Waals surface area contributed by atoms with Crippen LogP contribution in [-0.2, 0) is 6.54 Å². The van der Waals surface area contributed by atoms with E-state index in [2.05, 4.69) is 33.7 Å². The minimum Gasteiger partial charge on any atom is -0.383 e. The number of fused-ring (bicyclic) bond motifs is 1. The van der Waals surface area contributed by atoms with E-state index in [1.165, 1.54) is 42.9 Å². The molecule has 1 aromatic carbocycles. The molecule has 2 aliphatic rings. The summed E-state index contributed by atoms with van der Waals surface area (Å²) in [5.74, 6) is 0. The van der Waals surface area contributed by atoms with Crippen molar-refractivity contribution in [1.29, 1.82) is 0 Å². The van der Waals surface area contributed by atoms with E-state index in [9.17, 15) is 0 Å². The largest absolute Gasteiger partial charge is 0.383 e. The van der Waals surface area contributed by atoms with Crippen molar-refractivity contribution in [2.75, 3.05) is 36.4 Å². The van der Waals surface area contributed by atoms with Crippen molar-refractivity contribution in [3.05, 3.63) is 23.8 Å². The Morgan fingerprint density at radius 3 is 2.81 bits per heavy atom. The molecule has 3 heteroatoms. The van der Waals surface area contributed by atoms with Crippen LogP contribution in [0, 0.1) is 0 Å². The van der Waals surface area contributed by atoms with Crippen molar-refractivity contribution >= 4 is 11.4 Å². The summed E-state index contributed by atoms with van der Waals surface area (Å²) in [7, 11) is 0. The highest BCUT2D eigenvalue weighted by molar-refractivity contribution is 5.63. The van der Waals surface area contributed by atoms with Gasteiger partial charge in [0, 0.05) is 44.1 Å². The van der Waals surface area contributed by atoms with Crippen LogP contribution in [0.3, 0.4) is 0 Å². The first-order valence-electron chi connectivity index (χ1n) is 6.26. The van der Waals surface area contributed by atoms with Crippen LogP contribution in [0.15, 0.2) is 18.2 Å². The van der Waals surface area contributed by atoms with Gasteiger partial charge in [-0.2, -0.15) is 0 Å². The Morgan fingerprint density at radius 1 is 1.06 bits per heavy atom. The molecule has 0 aromatic heterocycles. The van der Waals surface area contributed by atoms with Crippen LogP contribution in [0.5, 0.6) is 0 Å². The maximum atomic E-state index is 3.50. The molecule has 0 amide bonds. The van der Waals surface area contributed by atoms with E-state index >= 15 is 0 Å². The normalized spacial score (nSPS) is 20.1. The molecule has 0 bridgehead atoms. The van der Waals surface area contributed by atoms with Gasteiger partial charge < -0.3 is 15.5 Å². The van der Waals surface area contributed by atoms with Gasteiger partial charge in [0.25, 0.3) is 0 Å². The lowest BCUT2D eigenvalue weighted by Gasteiger charge is -2.19. The van der Waals surface area contributed by atoms with E-state index < -0.39 is 0 Å². The van der Waals surface area contributed by atoms with Gasteiger partial charge in [0.1, 0.15) is 0 Å². The third kappa shape index (κ3) is 1.87. The Morgan fingerprint density at radius 2 is 1.94 bits per heavy atom. The van der Waals surface area contributed by atoms with Gasteiger partial charge in [-0.15, -0.1) is 0 Å². The fourth-order valence-corrected chi connectivity index (χ4v) is 2.56. The summed E-state index contributed by atoms with van der Waals surface area (Å²) in [6.07, 6.45) is 2.68. The summed E-state index contributed by atoms with van der Waals surface area (Å²) in [4.78, 5) is 2.49. The first kappa shape index (κ1) is 9.97. The Balaban J connectivity index is 1.88. The summed E-state index contributed by atoms with van der Waals surface area (Å²) < 4.78 is 0. The molecule has 0 unspecified atom stereocenters. The van der Waals surface area contributed by atoms with Crippen LogP contribution >= 0.6 is 0 Å². The number of hydrogen-bond acceptors (Lipinski definition) is 3. The molecule has 3 nitrogen and oxygen atoms in total. The number of benzene rings is 1. The Labute approximate surface area is 96.8 Å². The lowest BCUT2D eigenvalue weighted by molar-refractivity contribution is 0.725. The lowest BCUT2D eigenvalue weighted by atomic mass is 10.1. The fraction of sp³-hybridized carbons (Fsp3) is 0.538. The minimum atomic E-state index is 0.989. The molecule has 3 rings (SSSR count).